The van der Waals surface area contributed by atoms with Crippen LogP contribution in [0.15, 0.2) is 49.0 Å². The van der Waals surface area contributed by atoms with E-state index >= 15 is 0 Å². The second-order valence-corrected chi connectivity index (χ2v) is 6.95. The highest BCUT2D eigenvalue weighted by atomic mass is 35.5. The van der Waals surface area contributed by atoms with E-state index in [4.69, 9.17) is 17.3 Å². The minimum atomic E-state index is -4.75. The molecule has 6 nitrogen and oxygen atoms in total. The summed E-state index contributed by atoms with van der Waals surface area (Å²) in [5.41, 5.74) is 6.61. The predicted molar refractivity (Wildman–Crippen MR) is 97.9 cm³/mol. The monoisotopic (exact) mass is 407 g/mol. The number of halogens is 4. The Labute approximate surface area is 161 Å². The van der Waals surface area contributed by atoms with Gasteiger partial charge in [-0.3, -0.25) is 4.79 Å². The van der Waals surface area contributed by atoms with Crippen molar-refractivity contribution in [2.45, 2.75) is 17.0 Å². The molecule has 28 heavy (non-hydrogen) atoms. The maximum atomic E-state index is 13.7. The normalized spacial score (nSPS) is 22.1. The number of nitrogens with two attached hydrogens (primary N) is 1. The van der Waals surface area contributed by atoms with Crippen molar-refractivity contribution in [3.8, 4) is 11.4 Å². The Morgan fingerprint density at radius 1 is 1.29 bits per heavy atom. The summed E-state index contributed by atoms with van der Waals surface area (Å²) in [6, 6.07) is 3.14. The molecule has 3 aromatic heterocycles. The number of aromatic amines is 2. The highest BCUT2D eigenvalue weighted by Crippen LogP contribution is 2.50. The van der Waals surface area contributed by atoms with E-state index in [2.05, 4.69) is 19.9 Å². The summed E-state index contributed by atoms with van der Waals surface area (Å²) in [5, 5.41) is 0.637. The maximum Gasteiger partial charge on any atom is 0.412 e. The molecule has 0 radical (unpaired) electrons. The molecule has 0 saturated carbocycles. The number of fused-ring (bicyclic) bond motifs is 1. The van der Waals surface area contributed by atoms with Gasteiger partial charge in [0.15, 0.2) is 4.87 Å². The third-order valence-corrected chi connectivity index (χ3v) is 5.25. The Balaban J connectivity index is 1.91. The predicted octanol–water partition coefficient (Wildman–Crippen LogP) is 3.80. The molecule has 0 aliphatic heterocycles. The largest absolute Gasteiger partial charge is 0.412 e. The standard InChI is InChI=1S/C18H13ClF3N5O/c19-17(18(20,21)22)5-2-1-3-11(17)10-7-12(27-14(10)15(23)28)13-9-4-6-24-16(9)26-8-25-13/h1-8,11,27H,(H2,23,28)(H,24,25,26). The minimum absolute atomic E-state index is 0.0396. The molecular weight excluding hydrogens is 395 g/mol. The molecular formula is C18H13ClF3N5O. The van der Waals surface area contributed by atoms with Gasteiger partial charge < -0.3 is 15.7 Å². The second kappa shape index (κ2) is 6.23. The summed E-state index contributed by atoms with van der Waals surface area (Å²) in [6.07, 6.45) is 3.05. The number of carbonyl (C=O) groups is 1. The number of nitrogens with zero attached hydrogens (tertiary/aromatic N) is 2. The van der Waals surface area contributed by atoms with E-state index in [9.17, 15) is 18.0 Å². The van der Waals surface area contributed by atoms with Gasteiger partial charge in [-0.15, -0.1) is 11.6 Å². The maximum absolute atomic E-state index is 13.7. The number of rotatable bonds is 3. The molecule has 2 unspecified atom stereocenters. The lowest BCUT2D eigenvalue weighted by atomic mass is 9.81. The zero-order chi connectivity index (χ0) is 20.1. The van der Waals surface area contributed by atoms with Gasteiger partial charge in [0.25, 0.3) is 5.91 Å². The second-order valence-electron chi connectivity index (χ2n) is 6.33. The van der Waals surface area contributed by atoms with Crippen LogP contribution in [0.25, 0.3) is 22.4 Å². The van der Waals surface area contributed by atoms with Gasteiger partial charge in [-0.05, 0) is 17.7 Å². The zero-order valence-electron chi connectivity index (χ0n) is 14.1. The number of nitrogens with one attached hydrogen (secondary N) is 2. The van der Waals surface area contributed by atoms with E-state index in [1.54, 1.807) is 12.3 Å². The number of aromatic nitrogens is 4. The molecule has 1 amide bonds. The third-order valence-electron chi connectivity index (χ3n) is 4.68. The summed E-state index contributed by atoms with van der Waals surface area (Å²) >= 11 is 6.00. The van der Waals surface area contributed by atoms with Crippen molar-refractivity contribution >= 4 is 28.5 Å². The van der Waals surface area contributed by atoms with Crippen LogP contribution in [0.5, 0.6) is 0 Å². The van der Waals surface area contributed by atoms with Gasteiger partial charge in [0.1, 0.15) is 17.7 Å². The molecule has 4 N–H and O–H groups in total. The molecule has 144 valence electrons. The van der Waals surface area contributed by atoms with Crippen molar-refractivity contribution < 1.29 is 18.0 Å². The first kappa shape index (κ1) is 18.3. The van der Waals surface area contributed by atoms with Crippen molar-refractivity contribution in [1.29, 1.82) is 0 Å². The fraction of sp³-hybridized carbons (Fsp3) is 0.167. The van der Waals surface area contributed by atoms with Crippen molar-refractivity contribution in [3.05, 3.63) is 60.2 Å². The molecule has 3 heterocycles. The first-order chi connectivity index (χ1) is 13.2. The van der Waals surface area contributed by atoms with Gasteiger partial charge in [-0.25, -0.2) is 9.97 Å². The Morgan fingerprint density at radius 3 is 2.79 bits per heavy atom. The van der Waals surface area contributed by atoms with E-state index in [0.717, 1.165) is 6.08 Å². The third kappa shape index (κ3) is 2.70. The molecule has 2 atom stereocenters. The Hall–Kier alpha value is -3.07. The van der Waals surface area contributed by atoms with E-state index in [1.165, 1.54) is 30.6 Å². The average molecular weight is 408 g/mol. The quantitative estimate of drug-likeness (QED) is 0.575. The van der Waals surface area contributed by atoms with Gasteiger partial charge in [-0.2, -0.15) is 13.2 Å². The van der Waals surface area contributed by atoms with Crippen LogP contribution >= 0.6 is 11.6 Å². The van der Waals surface area contributed by atoms with Crippen molar-refractivity contribution in [2.75, 3.05) is 0 Å². The number of primary amides is 1. The number of hydrogen-bond donors (Lipinski definition) is 3. The summed E-state index contributed by atoms with van der Waals surface area (Å²) in [7, 11) is 0. The molecule has 4 rings (SSSR count). The van der Waals surface area contributed by atoms with Crippen molar-refractivity contribution in [3.63, 3.8) is 0 Å². The lowest BCUT2D eigenvalue weighted by Gasteiger charge is -2.34. The fourth-order valence-corrected chi connectivity index (χ4v) is 3.61. The van der Waals surface area contributed by atoms with Crippen LogP contribution in [0.3, 0.4) is 0 Å². The van der Waals surface area contributed by atoms with Crippen LogP contribution in [0.4, 0.5) is 13.2 Å². The lowest BCUT2D eigenvalue weighted by Crippen LogP contribution is -2.44. The van der Waals surface area contributed by atoms with Gasteiger partial charge in [0, 0.05) is 17.5 Å². The smallest absolute Gasteiger partial charge is 0.364 e. The lowest BCUT2D eigenvalue weighted by molar-refractivity contribution is -0.153. The van der Waals surface area contributed by atoms with E-state index < -0.39 is 22.9 Å². The molecule has 3 aromatic rings. The molecule has 0 spiro atoms. The highest BCUT2D eigenvalue weighted by molar-refractivity contribution is 6.27. The van der Waals surface area contributed by atoms with Crippen LogP contribution in [0, 0.1) is 0 Å². The molecule has 1 aliphatic carbocycles. The minimum Gasteiger partial charge on any atom is -0.364 e. The number of hydrogen-bond acceptors (Lipinski definition) is 3. The van der Waals surface area contributed by atoms with Gasteiger partial charge in [0.2, 0.25) is 0 Å². The number of H-pyrrole nitrogens is 2. The van der Waals surface area contributed by atoms with E-state index in [0.29, 0.717) is 22.4 Å². The topological polar surface area (TPSA) is 100 Å². The number of alkyl halides is 4. The molecule has 10 heteroatoms. The summed E-state index contributed by atoms with van der Waals surface area (Å²) in [4.78, 5) is 23.3. The van der Waals surface area contributed by atoms with Crippen molar-refractivity contribution in [2.24, 2.45) is 5.73 Å². The Kier molecular flexibility index (Phi) is 4.07. The van der Waals surface area contributed by atoms with Crippen LogP contribution in [-0.2, 0) is 0 Å². The van der Waals surface area contributed by atoms with Gasteiger partial charge >= 0.3 is 6.18 Å². The fourth-order valence-electron chi connectivity index (χ4n) is 3.35. The number of carbonyl (C=O) groups excluding carboxylic acids is 1. The van der Waals surface area contributed by atoms with E-state index in [-0.39, 0.29) is 11.3 Å². The summed E-state index contributed by atoms with van der Waals surface area (Å²) < 4.78 is 41.2. The van der Waals surface area contributed by atoms with Crippen molar-refractivity contribution in [1.82, 2.24) is 19.9 Å². The Bertz CT molecular complexity index is 1130. The molecule has 0 fully saturated rings. The zero-order valence-corrected chi connectivity index (χ0v) is 14.8. The highest BCUT2D eigenvalue weighted by Gasteiger charge is 2.57. The number of amides is 1. The molecule has 0 bridgehead atoms. The molecule has 0 aromatic carbocycles. The summed E-state index contributed by atoms with van der Waals surface area (Å²) in [6.45, 7) is 0. The first-order valence-electron chi connectivity index (χ1n) is 8.15. The summed E-state index contributed by atoms with van der Waals surface area (Å²) in [5.74, 6) is -2.25. The van der Waals surface area contributed by atoms with Crippen LogP contribution in [0.1, 0.15) is 22.0 Å². The van der Waals surface area contributed by atoms with Crippen LogP contribution in [-0.4, -0.2) is 36.9 Å². The first-order valence-corrected chi connectivity index (χ1v) is 8.53. The van der Waals surface area contributed by atoms with Gasteiger partial charge in [-0.1, -0.05) is 24.3 Å². The molecule has 0 saturated heterocycles. The number of allylic oxidation sites excluding steroid dienone is 4. The molecule has 1 aliphatic rings. The average Bonchev–Trinajstić information content (AvgIpc) is 3.28. The van der Waals surface area contributed by atoms with E-state index in [1.807, 2.05) is 0 Å². The SMILES string of the molecule is NC(=O)c1[nH]c(-c2ncnc3[nH]ccc23)cc1C1C=CC=CC1(Cl)C(F)(F)F. The van der Waals surface area contributed by atoms with Crippen LogP contribution in [0.2, 0.25) is 0 Å². The Morgan fingerprint density at radius 2 is 2.07 bits per heavy atom. The van der Waals surface area contributed by atoms with Crippen LogP contribution < -0.4 is 5.73 Å². The van der Waals surface area contributed by atoms with Gasteiger partial charge in [0.05, 0.1) is 11.4 Å².